The zero-order valence-corrected chi connectivity index (χ0v) is 11.2. The van der Waals surface area contributed by atoms with Gasteiger partial charge < -0.3 is 11.1 Å². The van der Waals surface area contributed by atoms with Crippen LogP contribution in [0.4, 0.5) is 5.13 Å². The van der Waals surface area contributed by atoms with Crippen LogP contribution in [-0.4, -0.2) is 16.9 Å². The van der Waals surface area contributed by atoms with Gasteiger partial charge in [0, 0.05) is 17.1 Å². The molecule has 0 radical (unpaired) electrons. The number of carbonyl (C=O) groups is 1. The second-order valence-corrected chi connectivity index (χ2v) is 6.46. The molecule has 2 aliphatic rings. The normalized spacial score (nSPS) is 28.1. The van der Waals surface area contributed by atoms with E-state index in [0.717, 1.165) is 11.6 Å². The van der Waals surface area contributed by atoms with Crippen LogP contribution in [0.15, 0.2) is 6.20 Å². The molecule has 5 heteroatoms. The predicted molar refractivity (Wildman–Crippen MR) is 72.7 cm³/mol. The Morgan fingerprint density at radius 1 is 1.39 bits per heavy atom. The summed E-state index contributed by atoms with van der Waals surface area (Å²) in [4.78, 5) is 17.4. The van der Waals surface area contributed by atoms with E-state index in [4.69, 9.17) is 5.73 Å². The van der Waals surface area contributed by atoms with Gasteiger partial charge in [-0.25, -0.2) is 4.98 Å². The first-order chi connectivity index (χ1) is 8.74. The van der Waals surface area contributed by atoms with E-state index in [9.17, 15) is 4.79 Å². The molecule has 0 saturated heterocycles. The molecule has 2 aliphatic carbocycles. The van der Waals surface area contributed by atoms with Gasteiger partial charge in [0.15, 0.2) is 5.13 Å². The van der Waals surface area contributed by atoms with Crippen LogP contribution in [0, 0.1) is 5.92 Å². The first-order valence-electron chi connectivity index (χ1n) is 6.76. The van der Waals surface area contributed by atoms with Crippen LogP contribution in [0.5, 0.6) is 0 Å². The van der Waals surface area contributed by atoms with Crippen molar-refractivity contribution in [3.05, 3.63) is 11.1 Å². The van der Waals surface area contributed by atoms with Crippen molar-refractivity contribution in [3.63, 3.8) is 0 Å². The summed E-state index contributed by atoms with van der Waals surface area (Å²) in [5.41, 5.74) is 5.67. The summed E-state index contributed by atoms with van der Waals surface area (Å²) in [6, 6.07) is 0.0581. The van der Waals surface area contributed by atoms with Crippen molar-refractivity contribution in [2.45, 2.75) is 50.5 Å². The minimum atomic E-state index is 0.00651. The summed E-state index contributed by atoms with van der Waals surface area (Å²) < 4.78 is 0. The van der Waals surface area contributed by atoms with Crippen LogP contribution in [0.3, 0.4) is 0 Å². The van der Waals surface area contributed by atoms with E-state index in [-0.39, 0.29) is 17.9 Å². The van der Waals surface area contributed by atoms with Crippen molar-refractivity contribution in [1.82, 2.24) is 4.98 Å². The lowest BCUT2D eigenvalue weighted by Gasteiger charge is -2.19. The number of carbonyl (C=O) groups excluding carboxylic acids is 1. The van der Waals surface area contributed by atoms with Gasteiger partial charge in [0.25, 0.3) is 0 Å². The van der Waals surface area contributed by atoms with Crippen molar-refractivity contribution in [1.29, 1.82) is 0 Å². The summed E-state index contributed by atoms with van der Waals surface area (Å²) in [5.74, 6) is 0.698. The van der Waals surface area contributed by atoms with Gasteiger partial charge in [-0.2, -0.15) is 0 Å². The molecule has 3 rings (SSSR count). The molecule has 1 aromatic heterocycles. The van der Waals surface area contributed by atoms with Gasteiger partial charge in [0.1, 0.15) is 0 Å². The molecule has 3 N–H and O–H groups in total. The second-order valence-electron chi connectivity index (χ2n) is 5.40. The van der Waals surface area contributed by atoms with Gasteiger partial charge in [0.05, 0.1) is 5.92 Å². The van der Waals surface area contributed by atoms with Crippen LogP contribution in [0.2, 0.25) is 0 Å². The average Bonchev–Trinajstić information content (AvgIpc) is 2.95. The number of aromatic nitrogens is 1. The average molecular weight is 265 g/mol. The summed E-state index contributed by atoms with van der Waals surface area (Å²) >= 11 is 1.63. The Balaban J connectivity index is 1.60. The molecule has 1 heterocycles. The number of nitrogens with one attached hydrogen (secondary N) is 1. The summed E-state index contributed by atoms with van der Waals surface area (Å²) in [6.07, 6.45) is 9.28. The fourth-order valence-corrected chi connectivity index (χ4v) is 3.62. The predicted octanol–water partition coefficient (Wildman–Crippen LogP) is 2.48. The minimum absolute atomic E-state index is 0.00651. The molecule has 0 bridgehead atoms. The fraction of sp³-hybridized carbons (Fsp3) is 0.692. The maximum Gasteiger partial charge on any atom is 0.230 e. The lowest BCUT2D eigenvalue weighted by Crippen LogP contribution is -2.18. The third-order valence-corrected chi connectivity index (χ3v) is 5.01. The quantitative estimate of drug-likeness (QED) is 0.882. The number of anilines is 1. The van der Waals surface area contributed by atoms with Gasteiger partial charge >= 0.3 is 0 Å². The standard InChI is InChI=1S/C13H19N3OS/c14-10-6-9(10)12(17)16-13-15-7-11(18-13)8-4-2-1-3-5-8/h7-10H,1-6,14H2,(H,15,16,17). The SMILES string of the molecule is NC1CC1C(=O)Nc1ncc(C2CCCCC2)s1. The van der Waals surface area contributed by atoms with E-state index in [1.165, 1.54) is 37.0 Å². The Labute approximate surface area is 111 Å². The van der Waals surface area contributed by atoms with Crippen LogP contribution in [0.25, 0.3) is 0 Å². The van der Waals surface area contributed by atoms with Crippen molar-refractivity contribution >= 4 is 22.4 Å². The Morgan fingerprint density at radius 2 is 2.11 bits per heavy atom. The van der Waals surface area contributed by atoms with Crippen molar-refractivity contribution < 1.29 is 4.79 Å². The molecule has 2 unspecified atom stereocenters. The van der Waals surface area contributed by atoms with E-state index in [1.807, 2.05) is 6.20 Å². The zero-order chi connectivity index (χ0) is 12.5. The third kappa shape index (κ3) is 2.57. The molecule has 0 spiro atoms. The van der Waals surface area contributed by atoms with Crippen molar-refractivity contribution in [2.75, 3.05) is 5.32 Å². The Kier molecular flexibility index (Phi) is 3.35. The number of nitrogens with zero attached hydrogens (tertiary/aromatic N) is 1. The molecular formula is C13H19N3OS. The highest BCUT2D eigenvalue weighted by molar-refractivity contribution is 7.15. The molecule has 1 aromatic rings. The number of hydrogen-bond acceptors (Lipinski definition) is 4. The van der Waals surface area contributed by atoms with E-state index in [2.05, 4.69) is 10.3 Å². The van der Waals surface area contributed by atoms with Crippen molar-refractivity contribution in [2.24, 2.45) is 11.7 Å². The van der Waals surface area contributed by atoms with Gasteiger partial charge in [-0.15, -0.1) is 11.3 Å². The Bertz CT molecular complexity index is 439. The summed E-state index contributed by atoms with van der Waals surface area (Å²) in [5, 5.41) is 3.62. The summed E-state index contributed by atoms with van der Waals surface area (Å²) in [6.45, 7) is 0. The molecule has 1 amide bonds. The van der Waals surface area contributed by atoms with Gasteiger partial charge in [-0.1, -0.05) is 19.3 Å². The monoisotopic (exact) mass is 265 g/mol. The molecule has 18 heavy (non-hydrogen) atoms. The summed E-state index contributed by atoms with van der Waals surface area (Å²) in [7, 11) is 0. The number of rotatable bonds is 3. The number of hydrogen-bond donors (Lipinski definition) is 2. The maximum atomic E-state index is 11.7. The van der Waals surface area contributed by atoms with Gasteiger partial charge in [-0.3, -0.25) is 4.79 Å². The Morgan fingerprint density at radius 3 is 2.78 bits per heavy atom. The van der Waals surface area contributed by atoms with E-state index >= 15 is 0 Å². The molecule has 2 fully saturated rings. The maximum absolute atomic E-state index is 11.7. The second kappa shape index (κ2) is 4.97. The largest absolute Gasteiger partial charge is 0.327 e. The highest BCUT2D eigenvalue weighted by atomic mass is 32.1. The van der Waals surface area contributed by atoms with Gasteiger partial charge in [-0.05, 0) is 25.2 Å². The van der Waals surface area contributed by atoms with E-state index < -0.39 is 0 Å². The van der Waals surface area contributed by atoms with E-state index in [1.54, 1.807) is 11.3 Å². The molecule has 98 valence electrons. The number of nitrogens with two attached hydrogens (primary N) is 1. The van der Waals surface area contributed by atoms with Crippen LogP contribution in [-0.2, 0) is 4.79 Å². The lowest BCUT2D eigenvalue weighted by molar-refractivity contribution is -0.117. The number of thiazole rings is 1. The molecular weight excluding hydrogens is 246 g/mol. The Hall–Kier alpha value is -0.940. The minimum Gasteiger partial charge on any atom is -0.327 e. The smallest absolute Gasteiger partial charge is 0.230 e. The molecule has 4 nitrogen and oxygen atoms in total. The van der Waals surface area contributed by atoms with E-state index in [0.29, 0.717) is 5.92 Å². The topological polar surface area (TPSA) is 68.0 Å². The van der Waals surface area contributed by atoms with Crippen LogP contribution < -0.4 is 11.1 Å². The number of amides is 1. The first-order valence-corrected chi connectivity index (χ1v) is 7.58. The molecule has 2 saturated carbocycles. The van der Waals surface area contributed by atoms with Crippen LogP contribution >= 0.6 is 11.3 Å². The highest BCUT2D eigenvalue weighted by Gasteiger charge is 2.40. The molecule has 0 aromatic carbocycles. The third-order valence-electron chi connectivity index (χ3n) is 3.94. The first kappa shape index (κ1) is 12.1. The fourth-order valence-electron chi connectivity index (χ4n) is 2.63. The molecule has 2 atom stereocenters. The lowest BCUT2D eigenvalue weighted by atomic mass is 9.89. The van der Waals surface area contributed by atoms with Crippen molar-refractivity contribution in [3.8, 4) is 0 Å². The van der Waals surface area contributed by atoms with Crippen LogP contribution in [0.1, 0.15) is 49.3 Å². The molecule has 0 aliphatic heterocycles. The highest BCUT2D eigenvalue weighted by Crippen LogP contribution is 2.37. The zero-order valence-electron chi connectivity index (χ0n) is 10.4. The van der Waals surface area contributed by atoms with Gasteiger partial charge in [0.2, 0.25) is 5.91 Å².